The highest BCUT2D eigenvalue weighted by Gasteiger charge is 2.42. The van der Waals surface area contributed by atoms with Gasteiger partial charge in [0.25, 0.3) is 0 Å². The molecule has 2 rings (SSSR count). The SMILES string of the molecule is O=C(O)CC1(F)CCN2CCCC2C1. The Bertz CT molecular complexity index is 246. The summed E-state index contributed by atoms with van der Waals surface area (Å²) in [7, 11) is 0. The van der Waals surface area contributed by atoms with Crippen LogP contribution in [0.15, 0.2) is 0 Å². The van der Waals surface area contributed by atoms with Gasteiger partial charge in [0.15, 0.2) is 0 Å². The zero-order valence-electron chi connectivity index (χ0n) is 8.21. The molecule has 0 radical (unpaired) electrons. The van der Waals surface area contributed by atoms with E-state index in [0.29, 0.717) is 18.9 Å². The monoisotopic (exact) mass is 201 g/mol. The molecule has 2 aliphatic heterocycles. The molecule has 2 aliphatic rings. The fourth-order valence-corrected chi connectivity index (χ4v) is 2.72. The smallest absolute Gasteiger partial charge is 0.306 e. The first-order chi connectivity index (χ1) is 6.59. The second kappa shape index (κ2) is 3.50. The molecule has 0 saturated carbocycles. The van der Waals surface area contributed by atoms with Crippen LogP contribution in [0, 0.1) is 0 Å². The molecule has 0 bridgehead atoms. The van der Waals surface area contributed by atoms with Gasteiger partial charge in [-0.1, -0.05) is 0 Å². The fourth-order valence-electron chi connectivity index (χ4n) is 2.72. The van der Waals surface area contributed by atoms with Crippen molar-refractivity contribution in [2.24, 2.45) is 0 Å². The second-order valence-electron chi connectivity index (χ2n) is 4.51. The number of fused-ring (bicyclic) bond motifs is 1. The Kier molecular flexibility index (Phi) is 2.47. The number of halogens is 1. The first kappa shape index (κ1) is 9.90. The third kappa shape index (κ3) is 1.90. The molecule has 2 fully saturated rings. The quantitative estimate of drug-likeness (QED) is 0.734. The van der Waals surface area contributed by atoms with E-state index in [-0.39, 0.29) is 6.42 Å². The summed E-state index contributed by atoms with van der Waals surface area (Å²) in [6.45, 7) is 1.79. The van der Waals surface area contributed by atoms with Crippen molar-refractivity contribution in [1.29, 1.82) is 0 Å². The lowest BCUT2D eigenvalue weighted by molar-refractivity contribution is -0.141. The van der Waals surface area contributed by atoms with Crippen LogP contribution in [0.25, 0.3) is 0 Å². The molecule has 0 spiro atoms. The number of alkyl halides is 1. The van der Waals surface area contributed by atoms with E-state index in [1.807, 2.05) is 0 Å². The van der Waals surface area contributed by atoms with E-state index >= 15 is 0 Å². The molecule has 14 heavy (non-hydrogen) atoms. The van der Waals surface area contributed by atoms with E-state index in [0.717, 1.165) is 25.9 Å². The molecule has 0 aromatic heterocycles. The molecule has 4 heteroatoms. The normalized spacial score (nSPS) is 38.2. The molecule has 80 valence electrons. The minimum absolute atomic E-state index is 0.299. The number of carbonyl (C=O) groups is 1. The van der Waals surface area contributed by atoms with Crippen LogP contribution in [-0.4, -0.2) is 40.8 Å². The predicted octanol–water partition coefficient (Wildman–Crippen LogP) is 1.43. The average Bonchev–Trinajstić information content (AvgIpc) is 2.48. The lowest BCUT2D eigenvalue weighted by atomic mass is 9.86. The lowest BCUT2D eigenvalue weighted by Crippen LogP contribution is -2.46. The van der Waals surface area contributed by atoms with Gasteiger partial charge in [0.2, 0.25) is 0 Å². The van der Waals surface area contributed by atoms with Crippen molar-refractivity contribution < 1.29 is 14.3 Å². The van der Waals surface area contributed by atoms with Gasteiger partial charge in [-0.25, -0.2) is 4.39 Å². The Morgan fingerprint density at radius 3 is 3.07 bits per heavy atom. The van der Waals surface area contributed by atoms with Crippen LogP contribution in [0.5, 0.6) is 0 Å². The maximum Gasteiger partial charge on any atom is 0.306 e. The van der Waals surface area contributed by atoms with Crippen molar-refractivity contribution in [1.82, 2.24) is 4.90 Å². The van der Waals surface area contributed by atoms with Gasteiger partial charge in [-0.05, 0) is 32.2 Å². The van der Waals surface area contributed by atoms with Gasteiger partial charge in [0, 0.05) is 12.6 Å². The Morgan fingerprint density at radius 1 is 1.57 bits per heavy atom. The predicted molar refractivity (Wildman–Crippen MR) is 49.9 cm³/mol. The maximum atomic E-state index is 14.1. The Balaban J connectivity index is 1.98. The fraction of sp³-hybridized carbons (Fsp3) is 0.900. The minimum atomic E-state index is -1.45. The van der Waals surface area contributed by atoms with Crippen molar-refractivity contribution in [2.75, 3.05) is 13.1 Å². The van der Waals surface area contributed by atoms with Gasteiger partial charge < -0.3 is 10.0 Å². The summed E-state index contributed by atoms with van der Waals surface area (Å²) < 4.78 is 14.1. The number of carboxylic acids is 1. The summed E-state index contributed by atoms with van der Waals surface area (Å²) >= 11 is 0. The van der Waals surface area contributed by atoms with Crippen LogP contribution < -0.4 is 0 Å². The first-order valence-electron chi connectivity index (χ1n) is 5.24. The van der Waals surface area contributed by atoms with E-state index in [1.165, 1.54) is 0 Å². The third-order valence-corrected chi connectivity index (χ3v) is 3.42. The van der Waals surface area contributed by atoms with E-state index in [2.05, 4.69) is 4.90 Å². The van der Waals surface area contributed by atoms with E-state index in [1.54, 1.807) is 0 Å². The first-order valence-corrected chi connectivity index (χ1v) is 5.24. The van der Waals surface area contributed by atoms with Crippen molar-refractivity contribution in [3.8, 4) is 0 Å². The molecule has 2 atom stereocenters. The largest absolute Gasteiger partial charge is 0.481 e. The van der Waals surface area contributed by atoms with Gasteiger partial charge in [-0.15, -0.1) is 0 Å². The zero-order valence-corrected chi connectivity index (χ0v) is 8.21. The summed E-state index contributed by atoms with van der Waals surface area (Å²) in [6, 6.07) is 0.299. The molecule has 1 N–H and O–H groups in total. The highest BCUT2D eigenvalue weighted by Crippen LogP contribution is 2.37. The number of rotatable bonds is 2. The van der Waals surface area contributed by atoms with Gasteiger partial charge in [-0.2, -0.15) is 0 Å². The Morgan fingerprint density at radius 2 is 2.36 bits per heavy atom. The van der Waals surface area contributed by atoms with Crippen LogP contribution in [0.2, 0.25) is 0 Å². The molecule has 0 aromatic rings. The Hall–Kier alpha value is -0.640. The van der Waals surface area contributed by atoms with E-state index in [4.69, 9.17) is 5.11 Å². The van der Waals surface area contributed by atoms with Crippen LogP contribution in [-0.2, 0) is 4.79 Å². The molecule has 0 aliphatic carbocycles. The molecule has 0 aromatic carbocycles. The van der Waals surface area contributed by atoms with Crippen LogP contribution in [0.3, 0.4) is 0 Å². The second-order valence-corrected chi connectivity index (χ2v) is 4.51. The van der Waals surface area contributed by atoms with Gasteiger partial charge in [0.1, 0.15) is 5.67 Å². The lowest BCUT2D eigenvalue weighted by Gasteiger charge is -2.38. The summed E-state index contributed by atoms with van der Waals surface area (Å²) in [6.07, 6.45) is 2.64. The molecule has 2 heterocycles. The number of piperidine rings is 1. The van der Waals surface area contributed by atoms with Crippen LogP contribution in [0.4, 0.5) is 4.39 Å². The number of nitrogens with zero attached hydrogens (tertiary/aromatic N) is 1. The van der Waals surface area contributed by atoms with E-state index < -0.39 is 11.6 Å². The maximum absolute atomic E-state index is 14.1. The molecule has 3 nitrogen and oxygen atoms in total. The van der Waals surface area contributed by atoms with Crippen molar-refractivity contribution in [3.05, 3.63) is 0 Å². The molecular weight excluding hydrogens is 185 g/mol. The van der Waals surface area contributed by atoms with Gasteiger partial charge >= 0.3 is 5.97 Å². The van der Waals surface area contributed by atoms with Gasteiger partial charge in [0.05, 0.1) is 6.42 Å². The number of hydrogen-bond donors (Lipinski definition) is 1. The minimum Gasteiger partial charge on any atom is -0.481 e. The molecule has 2 saturated heterocycles. The highest BCUT2D eigenvalue weighted by molar-refractivity contribution is 5.68. The van der Waals surface area contributed by atoms with Crippen LogP contribution >= 0.6 is 0 Å². The van der Waals surface area contributed by atoms with Crippen molar-refractivity contribution in [3.63, 3.8) is 0 Å². The van der Waals surface area contributed by atoms with Crippen molar-refractivity contribution in [2.45, 2.75) is 43.8 Å². The molecular formula is C10H16FNO2. The van der Waals surface area contributed by atoms with Crippen LogP contribution in [0.1, 0.15) is 32.1 Å². The summed E-state index contributed by atoms with van der Waals surface area (Å²) in [5.74, 6) is -1.01. The summed E-state index contributed by atoms with van der Waals surface area (Å²) in [4.78, 5) is 12.8. The number of hydrogen-bond acceptors (Lipinski definition) is 2. The molecule has 0 amide bonds. The van der Waals surface area contributed by atoms with Gasteiger partial charge in [-0.3, -0.25) is 4.79 Å². The zero-order chi connectivity index (χ0) is 10.2. The number of aliphatic carboxylic acids is 1. The summed E-state index contributed by atoms with van der Waals surface area (Å²) in [5, 5.41) is 8.62. The average molecular weight is 201 g/mol. The standard InChI is InChI=1S/C10H16FNO2/c11-10(7-9(13)14)3-5-12-4-1-2-8(12)6-10/h8H,1-7H2,(H,13,14). The topological polar surface area (TPSA) is 40.5 Å². The summed E-state index contributed by atoms with van der Waals surface area (Å²) in [5.41, 5.74) is -1.45. The third-order valence-electron chi connectivity index (χ3n) is 3.42. The van der Waals surface area contributed by atoms with E-state index in [9.17, 15) is 9.18 Å². The Labute approximate surface area is 82.9 Å². The molecule has 2 unspecified atom stereocenters. The highest BCUT2D eigenvalue weighted by atomic mass is 19.1. The number of carboxylic acid groups (broad SMARTS) is 1. The van der Waals surface area contributed by atoms with Crippen molar-refractivity contribution >= 4 is 5.97 Å².